The summed E-state index contributed by atoms with van der Waals surface area (Å²) in [6.07, 6.45) is 11.6. The zero-order valence-electron chi connectivity index (χ0n) is 16.8. The molecule has 0 bridgehead atoms. The number of hydrogen-bond donors (Lipinski definition) is 0. The first-order chi connectivity index (χ1) is 14.4. The molecule has 0 N–H and O–H groups in total. The van der Waals surface area contributed by atoms with Gasteiger partial charge in [-0.2, -0.15) is 0 Å². The Kier molecular flexibility index (Phi) is 4.04. The van der Waals surface area contributed by atoms with E-state index in [9.17, 15) is 0 Å². The van der Waals surface area contributed by atoms with Gasteiger partial charge < -0.3 is 0 Å². The fraction of sp³-hybridized carbons (Fsp3) is 0.241. The Morgan fingerprint density at radius 3 is 2.38 bits per heavy atom. The Morgan fingerprint density at radius 1 is 0.655 bits per heavy atom. The third-order valence-corrected chi connectivity index (χ3v) is 7.11. The normalized spacial score (nSPS) is 19.1. The number of allylic oxidation sites excluding steroid dienone is 1. The fourth-order valence-corrected chi connectivity index (χ4v) is 5.64. The van der Waals surface area contributed by atoms with Gasteiger partial charge in [0.25, 0.3) is 0 Å². The lowest BCUT2D eigenvalue weighted by atomic mass is 9.80. The van der Waals surface area contributed by atoms with E-state index in [-0.39, 0.29) is 0 Å². The maximum atomic E-state index is 2.56. The second-order valence-electron chi connectivity index (χ2n) is 8.80. The summed E-state index contributed by atoms with van der Waals surface area (Å²) in [6, 6.07) is 27.4. The van der Waals surface area contributed by atoms with E-state index in [4.69, 9.17) is 0 Å². The first-order valence-electron chi connectivity index (χ1n) is 11.1. The second-order valence-corrected chi connectivity index (χ2v) is 8.80. The van der Waals surface area contributed by atoms with Crippen LogP contribution in [0.1, 0.15) is 66.2 Å². The van der Waals surface area contributed by atoms with Crippen LogP contribution in [0.2, 0.25) is 0 Å². The van der Waals surface area contributed by atoms with Gasteiger partial charge in [-0.15, -0.1) is 0 Å². The molecule has 0 heterocycles. The molecule has 0 radical (unpaired) electrons. The van der Waals surface area contributed by atoms with E-state index in [2.05, 4.69) is 84.9 Å². The quantitative estimate of drug-likeness (QED) is 0.310. The average Bonchev–Trinajstić information content (AvgIpc) is 3.23. The van der Waals surface area contributed by atoms with Crippen molar-refractivity contribution in [3.8, 4) is 0 Å². The Balaban J connectivity index is 1.64. The van der Waals surface area contributed by atoms with Crippen molar-refractivity contribution in [1.29, 1.82) is 0 Å². The molecule has 2 aliphatic carbocycles. The lowest BCUT2D eigenvalue weighted by molar-refractivity contribution is 0.443. The molecule has 29 heavy (non-hydrogen) atoms. The van der Waals surface area contributed by atoms with Crippen molar-refractivity contribution in [2.75, 3.05) is 0 Å². The molecule has 4 aromatic carbocycles. The van der Waals surface area contributed by atoms with Gasteiger partial charge in [0.1, 0.15) is 0 Å². The third kappa shape index (κ3) is 2.82. The van der Waals surface area contributed by atoms with E-state index in [0.717, 1.165) is 5.92 Å². The van der Waals surface area contributed by atoms with Crippen LogP contribution in [0.25, 0.3) is 27.6 Å². The highest BCUT2D eigenvalue weighted by molar-refractivity contribution is 6.10. The van der Waals surface area contributed by atoms with Crippen LogP contribution in [0.4, 0.5) is 0 Å². The van der Waals surface area contributed by atoms with Crippen LogP contribution >= 0.6 is 0 Å². The monoisotopic (exact) mass is 374 g/mol. The molecular formula is C29H26. The molecule has 0 aromatic heterocycles. The molecule has 142 valence electrons. The third-order valence-electron chi connectivity index (χ3n) is 7.11. The SMILES string of the molecule is C1=CC(c2cc(C3CCCCC3)cc3ccc4ccccc4c23)c2ccccc21. The first-order valence-corrected chi connectivity index (χ1v) is 11.1. The topological polar surface area (TPSA) is 0 Å². The molecule has 1 saturated carbocycles. The number of rotatable bonds is 2. The van der Waals surface area contributed by atoms with E-state index in [1.165, 1.54) is 70.3 Å². The van der Waals surface area contributed by atoms with Crippen molar-refractivity contribution in [3.63, 3.8) is 0 Å². The van der Waals surface area contributed by atoms with Crippen LogP contribution in [0.3, 0.4) is 0 Å². The predicted octanol–water partition coefficient (Wildman–Crippen LogP) is 8.20. The van der Waals surface area contributed by atoms with Gasteiger partial charge in [0.15, 0.2) is 0 Å². The molecule has 2 aliphatic rings. The molecule has 1 fully saturated rings. The molecule has 1 unspecified atom stereocenters. The number of hydrogen-bond acceptors (Lipinski definition) is 0. The smallest absolute Gasteiger partial charge is 0.0285 e. The second kappa shape index (κ2) is 6.88. The molecule has 1 atom stereocenters. The van der Waals surface area contributed by atoms with E-state index in [1.54, 1.807) is 5.56 Å². The molecule has 0 nitrogen and oxygen atoms in total. The van der Waals surface area contributed by atoms with Crippen molar-refractivity contribution < 1.29 is 0 Å². The Labute approximate surface area is 172 Å². The minimum Gasteiger partial charge on any atom is -0.0720 e. The molecule has 0 spiro atoms. The van der Waals surface area contributed by atoms with E-state index in [0.29, 0.717) is 5.92 Å². The number of benzene rings is 4. The molecule has 0 heteroatoms. The predicted molar refractivity (Wildman–Crippen MR) is 125 cm³/mol. The maximum Gasteiger partial charge on any atom is 0.0285 e. The Bertz CT molecular complexity index is 1240. The van der Waals surface area contributed by atoms with Crippen LogP contribution in [-0.2, 0) is 0 Å². The van der Waals surface area contributed by atoms with Crippen LogP contribution < -0.4 is 0 Å². The molecule has 0 saturated heterocycles. The minimum absolute atomic E-state index is 0.350. The van der Waals surface area contributed by atoms with Gasteiger partial charge >= 0.3 is 0 Å². The summed E-state index contributed by atoms with van der Waals surface area (Å²) in [4.78, 5) is 0. The molecule has 4 aromatic rings. The largest absolute Gasteiger partial charge is 0.0720 e. The van der Waals surface area contributed by atoms with Gasteiger partial charge in [0.2, 0.25) is 0 Å². The summed E-state index contributed by atoms with van der Waals surface area (Å²) in [5, 5.41) is 5.56. The molecule has 0 aliphatic heterocycles. The lowest BCUT2D eigenvalue weighted by Gasteiger charge is -2.25. The van der Waals surface area contributed by atoms with E-state index in [1.807, 2.05) is 0 Å². The van der Waals surface area contributed by atoms with Gasteiger partial charge in [0.05, 0.1) is 0 Å². The zero-order chi connectivity index (χ0) is 19.2. The van der Waals surface area contributed by atoms with Crippen LogP contribution in [0, 0.1) is 0 Å². The van der Waals surface area contributed by atoms with Gasteiger partial charge in [-0.05, 0) is 62.6 Å². The van der Waals surface area contributed by atoms with Crippen molar-refractivity contribution in [1.82, 2.24) is 0 Å². The van der Waals surface area contributed by atoms with Gasteiger partial charge in [-0.3, -0.25) is 0 Å². The lowest BCUT2D eigenvalue weighted by Crippen LogP contribution is -2.06. The highest BCUT2D eigenvalue weighted by atomic mass is 14.3. The van der Waals surface area contributed by atoms with Gasteiger partial charge in [0, 0.05) is 5.92 Å². The minimum atomic E-state index is 0.350. The van der Waals surface area contributed by atoms with Crippen molar-refractivity contribution in [2.24, 2.45) is 0 Å². The Hall–Kier alpha value is -2.86. The zero-order valence-corrected chi connectivity index (χ0v) is 16.8. The molecular weight excluding hydrogens is 348 g/mol. The van der Waals surface area contributed by atoms with Gasteiger partial charge in [-0.25, -0.2) is 0 Å². The van der Waals surface area contributed by atoms with Crippen molar-refractivity contribution in [2.45, 2.75) is 43.9 Å². The highest BCUT2D eigenvalue weighted by Crippen LogP contribution is 2.43. The highest BCUT2D eigenvalue weighted by Gasteiger charge is 2.24. The number of fused-ring (bicyclic) bond motifs is 4. The van der Waals surface area contributed by atoms with Crippen molar-refractivity contribution >= 4 is 27.6 Å². The summed E-state index contributed by atoms with van der Waals surface area (Å²) in [7, 11) is 0. The summed E-state index contributed by atoms with van der Waals surface area (Å²) >= 11 is 0. The standard InChI is InChI=1S/C29H26/c1-2-8-20(9-3-1)24-18-23-15-14-22-11-5-7-13-26(22)29(23)28(19-24)27-17-16-21-10-4-6-12-25(21)27/h4-7,10-20,27H,1-3,8-9H2. The Morgan fingerprint density at radius 2 is 1.45 bits per heavy atom. The maximum absolute atomic E-state index is 2.56. The average molecular weight is 375 g/mol. The van der Waals surface area contributed by atoms with Crippen LogP contribution in [-0.4, -0.2) is 0 Å². The van der Waals surface area contributed by atoms with Crippen molar-refractivity contribution in [3.05, 3.63) is 101 Å². The van der Waals surface area contributed by atoms with Crippen LogP contribution in [0.15, 0.2) is 78.9 Å². The van der Waals surface area contributed by atoms with Gasteiger partial charge in [-0.1, -0.05) is 104 Å². The fourth-order valence-electron chi connectivity index (χ4n) is 5.64. The van der Waals surface area contributed by atoms with E-state index < -0.39 is 0 Å². The summed E-state index contributed by atoms with van der Waals surface area (Å²) in [6.45, 7) is 0. The van der Waals surface area contributed by atoms with Crippen LogP contribution in [0.5, 0.6) is 0 Å². The van der Waals surface area contributed by atoms with E-state index >= 15 is 0 Å². The summed E-state index contributed by atoms with van der Waals surface area (Å²) in [5.74, 6) is 1.07. The first kappa shape index (κ1) is 17.0. The summed E-state index contributed by atoms with van der Waals surface area (Å²) in [5.41, 5.74) is 5.86. The molecule has 6 rings (SSSR count). The molecule has 0 amide bonds. The summed E-state index contributed by atoms with van der Waals surface area (Å²) < 4.78 is 0.